The summed E-state index contributed by atoms with van der Waals surface area (Å²) in [6.07, 6.45) is 1.08. The van der Waals surface area contributed by atoms with Crippen LogP contribution in [0.4, 0.5) is 8.78 Å². The van der Waals surface area contributed by atoms with Gasteiger partial charge in [-0.1, -0.05) is 6.07 Å². The number of sulfone groups is 1. The molecule has 146 valence electrons. The summed E-state index contributed by atoms with van der Waals surface area (Å²) in [5.74, 6) is -0.471. The third-order valence-corrected chi connectivity index (χ3v) is 5.97. The Morgan fingerprint density at radius 2 is 2.04 bits per heavy atom. The monoisotopic (exact) mass is 390 g/mol. The Morgan fingerprint density at radius 3 is 2.62 bits per heavy atom. The number of rotatable bonds is 8. The van der Waals surface area contributed by atoms with Gasteiger partial charge in [0.2, 0.25) is 0 Å². The lowest BCUT2D eigenvalue weighted by Gasteiger charge is -2.29. The zero-order valence-electron chi connectivity index (χ0n) is 14.9. The lowest BCUT2D eigenvalue weighted by atomic mass is 10.1. The van der Waals surface area contributed by atoms with Gasteiger partial charge in [-0.3, -0.25) is 4.79 Å². The lowest BCUT2D eigenvalue weighted by Crippen LogP contribution is -2.42. The largest absolute Gasteiger partial charge is 0.435 e. The van der Waals surface area contributed by atoms with Crippen molar-refractivity contribution in [2.75, 3.05) is 38.7 Å². The number of alkyl halides is 2. The van der Waals surface area contributed by atoms with E-state index in [0.29, 0.717) is 19.4 Å². The number of ether oxygens (including phenoxy) is 1. The molecule has 1 saturated heterocycles. The summed E-state index contributed by atoms with van der Waals surface area (Å²) in [6.45, 7) is -1.83. The Kier molecular flexibility index (Phi) is 6.94. The van der Waals surface area contributed by atoms with Gasteiger partial charge >= 0.3 is 6.61 Å². The van der Waals surface area contributed by atoms with Gasteiger partial charge in [0.25, 0.3) is 5.91 Å². The highest BCUT2D eigenvalue weighted by atomic mass is 32.2. The lowest BCUT2D eigenvalue weighted by molar-refractivity contribution is -0.0499. The average molecular weight is 390 g/mol. The highest BCUT2D eigenvalue weighted by Crippen LogP contribution is 2.22. The Balaban J connectivity index is 2.19. The van der Waals surface area contributed by atoms with Gasteiger partial charge in [0.1, 0.15) is 5.75 Å². The van der Waals surface area contributed by atoms with Crippen molar-refractivity contribution in [3.05, 3.63) is 29.8 Å². The maximum atomic E-state index is 12.9. The molecule has 26 heavy (non-hydrogen) atoms. The zero-order valence-corrected chi connectivity index (χ0v) is 15.7. The van der Waals surface area contributed by atoms with Crippen molar-refractivity contribution in [3.8, 4) is 5.75 Å². The summed E-state index contributed by atoms with van der Waals surface area (Å²) in [7, 11) is 0.678. The van der Waals surface area contributed by atoms with Crippen LogP contribution in [0.15, 0.2) is 24.3 Å². The highest BCUT2D eigenvalue weighted by molar-refractivity contribution is 7.91. The van der Waals surface area contributed by atoms with Crippen LogP contribution in [0, 0.1) is 0 Å². The van der Waals surface area contributed by atoms with Crippen molar-refractivity contribution in [1.29, 1.82) is 0 Å². The molecule has 0 aromatic heterocycles. The quantitative estimate of drug-likeness (QED) is 0.678. The van der Waals surface area contributed by atoms with Crippen molar-refractivity contribution in [2.24, 2.45) is 0 Å². The van der Waals surface area contributed by atoms with E-state index in [1.165, 1.54) is 24.3 Å². The maximum Gasteiger partial charge on any atom is 0.387 e. The van der Waals surface area contributed by atoms with E-state index in [0.717, 1.165) is 6.54 Å². The second-order valence-corrected chi connectivity index (χ2v) is 8.85. The second-order valence-electron chi connectivity index (χ2n) is 6.62. The van der Waals surface area contributed by atoms with Crippen LogP contribution in [0.25, 0.3) is 0 Å². The van der Waals surface area contributed by atoms with Gasteiger partial charge in [0, 0.05) is 18.2 Å². The predicted molar refractivity (Wildman–Crippen MR) is 94.3 cm³/mol. The molecule has 1 amide bonds. The molecule has 0 unspecified atom stereocenters. The molecule has 0 saturated carbocycles. The van der Waals surface area contributed by atoms with Crippen molar-refractivity contribution in [3.63, 3.8) is 0 Å². The van der Waals surface area contributed by atoms with Gasteiger partial charge in [-0.05, 0) is 51.7 Å². The first-order valence-corrected chi connectivity index (χ1v) is 10.2. The topological polar surface area (TPSA) is 66.9 Å². The molecule has 1 heterocycles. The van der Waals surface area contributed by atoms with Crippen LogP contribution in [-0.4, -0.2) is 75.5 Å². The standard InChI is InChI=1S/C17H24F2N2O4S/c1-20(2)8-4-9-21(14-7-10-26(23,24)12-14)16(22)13-5-3-6-15(11-13)25-17(18)19/h3,5-6,11,14,17H,4,7-10,12H2,1-2H3/t14-/m0/s1. The van der Waals surface area contributed by atoms with Gasteiger partial charge in [0.15, 0.2) is 9.84 Å². The molecule has 0 bridgehead atoms. The highest BCUT2D eigenvalue weighted by Gasteiger charge is 2.34. The van der Waals surface area contributed by atoms with Crippen LogP contribution < -0.4 is 4.74 Å². The maximum absolute atomic E-state index is 12.9. The molecule has 0 N–H and O–H groups in total. The molecule has 0 spiro atoms. The molecule has 1 atom stereocenters. The summed E-state index contributed by atoms with van der Waals surface area (Å²) in [6, 6.07) is 5.20. The molecule has 1 fully saturated rings. The molecule has 1 aliphatic heterocycles. The normalized spacial score (nSPS) is 19.1. The Labute approximate surface area is 152 Å². The molecule has 1 aromatic carbocycles. The number of benzene rings is 1. The Hall–Kier alpha value is -1.74. The fourth-order valence-electron chi connectivity index (χ4n) is 3.00. The predicted octanol–water partition coefficient (Wildman–Crippen LogP) is 1.87. The van der Waals surface area contributed by atoms with E-state index in [2.05, 4.69) is 4.74 Å². The van der Waals surface area contributed by atoms with Crippen molar-refractivity contribution < 1.29 is 26.7 Å². The summed E-state index contributed by atoms with van der Waals surface area (Å²) >= 11 is 0. The van der Waals surface area contributed by atoms with E-state index in [4.69, 9.17) is 0 Å². The first kappa shape index (κ1) is 20.6. The van der Waals surface area contributed by atoms with Crippen LogP contribution in [-0.2, 0) is 9.84 Å². The van der Waals surface area contributed by atoms with Crippen molar-refractivity contribution in [2.45, 2.75) is 25.5 Å². The van der Waals surface area contributed by atoms with Crippen LogP contribution in [0.3, 0.4) is 0 Å². The SMILES string of the molecule is CN(C)CCCN(C(=O)c1cccc(OC(F)F)c1)[C@H]1CCS(=O)(=O)C1. The third kappa shape index (κ3) is 5.91. The second kappa shape index (κ2) is 8.77. The van der Waals surface area contributed by atoms with Gasteiger partial charge in [-0.25, -0.2) is 8.42 Å². The molecule has 9 heteroatoms. The van der Waals surface area contributed by atoms with Crippen molar-refractivity contribution >= 4 is 15.7 Å². The van der Waals surface area contributed by atoms with Crippen LogP contribution in [0.1, 0.15) is 23.2 Å². The third-order valence-electron chi connectivity index (χ3n) is 4.22. The number of hydrogen-bond acceptors (Lipinski definition) is 5. The van der Waals surface area contributed by atoms with Crippen molar-refractivity contribution in [1.82, 2.24) is 9.80 Å². The molecule has 1 aliphatic rings. The molecule has 6 nitrogen and oxygen atoms in total. The number of halogens is 2. The molecular formula is C17H24F2N2O4S. The van der Waals surface area contributed by atoms with Gasteiger partial charge in [-0.2, -0.15) is 8.78 Å². The van der Waals surface area contributed by atoms with Crippen LogP contribution in [0.2, 0.25) is 0 Å². The van der Waals surface area contributed by atoms with E-state index in [1.54, 1.807) is 4.90 Å². The summed E-state index contributed by atoms with van der Waals surface area (Å²) in [5.41, 5.74) is 0.206. The molecule has 0 aliphatic carbocycles. The number of carbonyl (C=O) groups is 1. The average Bonchev–Trinajstić information content (AvgIpc) is 2.90. The van der Waals surface area contributed by atoms with E-state index in [-0.39, 0.29) is 28.7 Å². The first-order chi connectivity index (χ1) is 12.2. The zero-order chi connectivity index (χ0) is 19.3. The van der Waals surface area contributed by atoms with Crippen LogP contribution >= 0.6 is 0 Å². The number of amides is 1. The van der Waals surface area contributed by atoms with E-state index in [1.807, 2.05) is 19.0 Å². The molecule has 0 radical (unpaired) electrons. The first-order valence-electron chi connectivity index (χ1n) is 8.39. The fourth-order valence-corrected chi connectivity index (χ4v) is 4.73. The Morgan fingerprint density at radius 1 is 1.31 bits per heavy atom. The minimum Gasteiger partial charge on any atom is -0.435 e. The van der Waals surface area contributed by atoms with E-state index in [9.17, 15) is 22.0 Å². The summed E-state index contributed by atoms with van der Waals surface area (Å²) in [5, 5.41) is 0. The molecular weight excluding hydrogens is 366 g/mol. The van der Waals surface area contributed by atoms with Gasteiger partial charge in [0.05, 0.1) is 11.5 Å². The minimum absolute atomic E-state index is 0.0592. The number of nitrogens with zero attached hydrogens (tertiary/aromatic N) is 2. The Bertz CT molecular complexity index is 725. The summed E-state index contributed by atoms with van der Waals surface area (Å²) < 4.78 is 52.8. The smallest absolute Gasteiger partial charge is 0.387 e. The van der Waals surface area contributed by atoms with E-state index >= 15 is 0 Å². The van der Waals surface area contributed by atoms with Gasteiger partial charge in [-0.15, -0.1) is 0 Å². The molecule has 2 rings (SSSR count). The van der Waals surface area contributed by atoms with E-state index < -0.39 is 22.5 Å². The number of carbonyl (C=O) groups excluding carboxylic acids is 1. The van der Waals surface area contributed by atoms with Crippen LogP contribution in [0.5, 0.6) is 5.75 Å². The molecule has 1 aromatic rings. The fraction of sp³-hybridized carbons (Fsp3) is 0.588. The minimum atomic E-state index is -3.15. The number of hydrogen-bond donors (Lipinski definition) is 0. The van der Waals surface area contributed by atoms with Gasteiger partial charge < -0.3 is 14.5 Å². The summed E-state index contributed by atoms with van der Waals surface area (Å²) in [4.78, 5) is 16.5.